The number of hydrogen-bond acceptors (Lipinski definition) is 6. The molecule has 4 rings (SSSR count). The third-order valence-corrected chi connectivity index (χ3v) is 5.49. The molecule has 0 aliphatic heterocycles. The highest BCUT2D eigenvalue weighted by Gasteiger charge is 2.13. The average Bonchev–Trinajstić information content (AvgIpc) is 3.08. The van der Waals surface area contributed by atoms with Crippen LogP contribution in [0.5, 0.6) is 5.75 Å². The van der Waals surface area contributed by atoms with Crippen molar-refractivity contribution >= 4 is 22.3 Å². The van der Waals surface area contributed by atoms with Gasteiger partial charge < -0.3 is 10.1 Å². The Morgan fingerprint density at radius 1 is 0.862 bits per heavy atom. The molecule has 2 aromatic heterocycles. The van der Waals surface area contributed by atoms with E-state index in [1.165, 1.54) is 0 Å². The van der Waals surface area contributed by atoms with Gasteiger partial charge in [-0.05, 0) is 44.5 Å². The molecule has 5 nitrogen and oxygen atoms in total. The maximum Gasteiger partial charge on any atom is 0.189 e. The molecular formula is C23H22N4OS. The molecule has 0 saturated carbocycles. The second kappa shape index (κ2) is 8.01. The fourth-order valence-corrected chi connectivity index (χ4v) is 4.08. The van der Waals surface area contributed by atoms with E-state index in [0.29, 0.717) is 5.82 Å². The van der Waals surface area contributed by atoms with Crippen LogP contribution in [0.4, 0.5) is 10.9 Å². The lowest BCUT2D eigenvalue weighted by atomic mass is 10.1. The van der Waals surface area contributed by atoms with Crippen LogP contribution in [0, 0.1) is 20.8 Å². The summed E-state index contributed by atoms with van der Waals surface area (Å²) < 4.78 is 5.36. The molecule has 0 bridgehead atoms. The molecule has 0 aliphatic carbocycles. The molecule has 0 fully saturated rings. The van der Waals surface area contributed by atoms with E-state index in [-0.39, 0.29) is 0 Å². The second-order valence-corrected chi connectivity index (χ2v) is 7.99. The predicted molar refractivity (Wildman–Crippen MR) is 119 cm³/mol. The van der Waals surface area contributed by atoms with Gasteiger partial charge in [0, 0.05) is 22.1 Å². The van der Waals surface area contributed by atoms with E-state index >= 15 is 0 Å². The highest BCUT2D eigenvalue weighted by molar-refractivity contribution is 7.16. The molecule has 0 aliphatic rings. The molecule has 2 aromatic carbocycles. The van der Waals surface area contributed by atoms with Crippen LogP contribution >= 0.6 is 11.3 Å². The highest BCUT2D eigenvalue weighted by Crippen LogP contribution is 2.34. The molecule has 4 aromatic rings. The molecule has 146 valence electrons. The first kappa shape index (κ1) is 19.1. The van der Waals surface area contributed by atoms with Crippen molar-refractivity contribution in [1.29, 1.82) is 0 Å². The van der Waals surface area contributed by atoms with E-state index in [1.54, 1.807) is 18.4 Å². The summed E-state index contributed by atoms with van der Waals surface area (Å²) in [5.74, 6) is 2.33. The Morgan fingerprint density at radius 3 is 2.38 bits per heavy atom. The largest absolute Gasteiger partial charge is 0.496 e. The third kappa shape index (κ3) is 4.12. The van der Waals surface area contributed by atoms with Gasteiger partial charge in [0.05, 0.1) is 18.5 Å². The number of aryl methyl sites for hydroxylation is 3. The summed E-state index contributed by atoms with van der Waals surface area (Å²) in [6.07, 6.45) is 0. The minimum atomic E-state index is 0.716. The molecule has 0 amide bonds. The normalized spacial score (nSPS) is 10.8. The zero-order valence-corrected chi connectivity index (χ0v) is 17.7. The number of rotatable bonds is 5. The lowest BCUT2D eigenvalue weighted by Crippen LogP contribution is -1.98. The van der Waals surface area contributed by atoms with Crippen molar-refractivity contribution < 1.29 is 4.74 Å². The van der Waals surface area contributed by atoms with Crippen LogP contribution in [0.15, 0.2) is 54.6 Å². The van der Waals surface area contributed by atoms with Gasteiger partial charge in [-0.25, -0.2) is 15.0 Å². The molecule has 1 N–H and O–H groups in total. The van der Waals surface area contributed by atoms with Crippen molar-refractivity contribution in [3.8, 4) is 28.3 Å². The van der Waals surface area contributed by atoms with E-state index in [9.17, 15) is 0 Å². The summed E-state index contributed by atoms with van der Waals surface area (Å²) in [7, 11) is 1.69. The first-order valence-corrected chi connectivity index (χ1v) is 10.2. The smallest absolute Gasteiger partial charge is 0.189 e. The van der Waals surface area contributed by atoms with E-state index in [2.05, 4.69) is 28.3 Å². The molecule has 0 spiro atoms. The lowest BCUT2D eigenvalue weighted by Gasteiger charge is -2.07. The first-order chi connectivity index (χ1) is 14.0. The van der Waals surface area contributed by atoms with Gasteiger partial charge in [-0.2, -0.15) is 0 Å². The number of hydrogen-bond donors (Lipinski definition) is 1. The number of aromatic nitrogens is 3. The van der Waals surface area contributed by atoms with Gasteiger partial charge in [-0.1, -0.05) is 30.3 Å². The summed E-state index contributed by atoms with van der Waals surface area (Å²) in [4.78, 5) is 15.0. The molecule has 0 radical (unpaired) electrons. The molecular weight excluding hydrogens is 380 g/mol. The maximum absolute atomic E-state index is 5.36. The minimum absolute atomic E-state index is 0.716. The van der Waals surface area contributed by atoms with E-state index < -0.39 is 0 Å². The number of thiazole rings is 1. The number of methoxy groups -OCH3 is 1. The molecule has 0 unspecified atom stereocenters. The summed E-state index contributed by atoms with van der Waals surface area (Å²) in [6.45, 7) is 6.02. The highest BCUT2D eigenvalue weighted by atomic mass is 32.1. The van der Waals surface area contributed by atoms with Crippen molar-refractivity contribution in [3.63, 3.8) is 0 Å². The van der Waals surface area contributed by atoms with Crippen LogP contribution in [0.25, 0.3) is 22.5 Å². The standard InChI is InChI=1S/C23H22N4OS/c1-14-12-18(10-11-20(14)28-4)22-15(2)29-23(27-22)26-21-13-19(24-16(3)25-21)17-8-6-5-7-9-17/h5-13H,1-4H3,(H,24,25,26,27). The van der Waals surface area contributed by atoms with Crippen molar-refractivity contribution in [2.75, 3.05) is 12.4 Å². The van der Waals surface area contributed by atoms with Gasteiger partial charge in [-0.15, -0.1) is 11.3 Å². The molecule has 29 heavy (non-hydrogen) atoms. The Balaban J connectivity index is 1.64. The van der Waals surface area contributed by atoms with E-state index in [4.69, 9.17) is 9.72 Å². The number of benzene rings is 2. The molecule has 2 heterocycles. The van der Waals surface area contributed by atoms with Gasteiger partial charge in [0.2, 0.25) is 0 Å². The fourth-order valence-electron chi connectivity index (χ4n) is 3.24. The predicted octanol–water partition coefficient (Wildman–Crippen LogP) is 5.94. The van der Waals surface area contributed by atoms with E-state index in [1.807, 2.05) is 62.4 Å². The monoisotopic (exact) mass is 402 g/mol. The van der Waals surface area contributed by atoms with Gasteiger partial charge >= 0.3 is 0 Å². The van der Waals surface area contributed by atoms with Crippen LogP contribution in [0.3, 0.4) is 0 Å². The number of nitrogens with zero attached hydrogens (tertiary/aromatic N) is 3. The minimum Gasteiger partial charge on any atom is -0.496 e. The van der Waals surface area contributed by atoms with Gasteiger partial charge in [0.25, 0.3) is 0 Å². The quantitative estimate of drug-likeness (QED) is 0.447. The Kier molecular flexibility index (Phi) is 5.27. The Hall–Kier alpha value is -3.25. The summed E-state index contributed by atoms with van der Waals surface area (Å²) in [5.41, 5.74) is 5.09. The van der Waals surface area contributed by atoms with Gasteiger partial charge in [-0.3, -0.25) is 0 Å². The number of nitrogens with one attached hydrogen (secondary N) is 1. The number of anilines is 2. The Bertz CT molecular complexity index is 1160. The first-order valence-electron chi connectivity index (χ1n) is 9.34. The topological polar surface area (TPSA) is 59.9 Å². The van der Waals surface area contributed by atoms with Crippen LogP contribution in [-0.4, -0.2) is 22.1 Å². The Morgan fingerprint density at radius 2 is 1.66 bits per heavy atom. The van der Waals surface area contributed by atoms with Gasteiger partial charge in [0.15, 0.2) is 5.13 Å². The van der Waals surface area contributed by atoms with Crippen LogP contribution in [0.1, 0.15) is 16.3 Å². The van der Waals surface area contributed by atoms with E-state index in [0.717, 1.165) is 49.7 Å². The summed E-state index contributed by atoms with van der Waals surface area (Å²) in [5, 5.41) is 4.16. The van der Waals surface area contributed by atoms with Crippen LogP contribution < -0.4 is 10.1 Å². The summed E-state index contributed by atoms with van der Waals surface area (Å²) >= 11 is 1.61. The maximum atomic E-state index is 5.36. The molecule has 0 atom stereocenters. The number of ether oxygens (including phenoxy) is 1. The third-order valence-electron chi connectivity index (χ3n) is 4.61. The van der Waals surface area contributed by atoms with Crippen molar-refractivity contribution in [2.45, 2.75) is 20.8 Å². The fraction of sp³-hybridized carbons (Fsp3) is 0.174. The average molecular weight is 403 g/mol. The summed E-state index contributed by atoms with van der Waals surface area (Å²) in [6, 6.07) is 18.2. The zero-order chi connectivity index (χ0) is 20.4. The second-order valence-electron chi connectivity index (χ2n) is 6.78. The zero-order valence-electron chi connectivity index (χ0n) is 16.9. The SMILES string of the molecule is COc1ccc(-c2nc(Nc3cc(-c4ccccc4)nc(C)n3)sc2C)cc1C. The Labute approximate surface area is 174 Å². The molecule has 6 heteroatoms. The van der Waals surface area contributed by atoms with Crippen molar-refractivity contribution in [2.24, 2.45) is 0 Å². The van der Waals surface area contributed by atoms with Crippen molar-refractivity contribution in [3.05, 3.63) is 70.9 Å². The van der Waals surface area contributed by atoms with Crippen LogP contribution in [-0.2, 0) is 0 Å². The lowest BCUT2D eigenvalue weighted by molar-refractivity contribution is 0.412. The molecule has 0 saturated heterocycles. The van der Waals surface area contributed by atoms with Crippen molar-refractivity contribution in [1.82, 2.24) is 15.0 Å². The van der Waals surface area contributed by atoms with Gasteiger partial charge in [0.1, 0.15) is 17.4 Å². The van der Waals surface area contributed by atoms with Crippen LogP contribution in [0.2, 0.25) is 0 Å².